The Morgan fingerprint density at radius 1 is 1.16 bits per heavy atom. The van der Waals surface area contributed by atoms with Crippen molar-refractivity contribution in [3.8, 4) is 5.75 Å². The highest BCUT2D eigenvalue weighted by molar-refractivity contribution is 6.22. The Morgan fingerprint density at radius 3 is 2.34 bits per heavy atom. The number of carbonyl (C=O) groups excluding carboxylic acids is 4. The fraction of sp³-hybridized carbons (Fsp3) is 0.481. The van der Waals surface area contributed by atoms with Crippen LogP contribution in [0.3, 0.4) is 0 Å². The summed E-state index contributed by atoms with van der Waals surface area (Å²) in [6, 6.07) is 1.70. The van der Waals surface area contributed by atoms with Crippen LogP contribution >= 0.6 is 0 Å². The summed E-state index contributed by atoms with van der Waals surface area (Å²) in [4.78, 5) is 52.2. The smallest absolute Gasteiger partial charge is 0.255 e. The second kappa shape index (κ2) is 8.87. The number of amides is 2. The number of ketones is 2. The van der Waals surface area contributed by atoms with Gasteiger partial charge in [-0.25, -0.2) is 0 Å². The number of nitrogens with two attached hydrogens (primary N) is 1. The molecule has 0 heterocycles. The van der Waals surface area contributed by atoms with Crippen LogP contribution in [0.4, 0.5) is 5.69 Å². The van der Waals surface area contributed by atoms with Crippen molar-refractivity contribution < 1.29 is 39.6 Å². The Morgan fingerprint density at radius 2 is 1.79 bits per heavy atom. The first-order valence-corrected chi connectivity index (χ1v) is 12.3. The zero-order valence-corrected chi connectivity index (χ0v) is 22.0. The Bertz CT molecular complexity index is 1350. The molecule has 3 aliphatic carbocycles. The van der Waals surface area contributed by atoms with Crippen molar-refractivity contribution >= 4 is 34.8 Å². The average molecular weight is 528 g/mol. The van der Waals surface area contributed by atoms with Gasteiger partial charge in [0.2, 0.25) is 11.7 Å². The zero-order valence-electron chi connectivity index (χ0n) is 22.0. The molecule has 7 N–H and O–H groups in total. The van der Waals surface area contributed by atoms with Crippen LogP contribution in [0.2, 0.25) is 0 Å². The number of rotatable bonds is 4. The van der Waals surface area contributed by atoms with Gasteiger partial charge in [-0.05, 0) is 30.4 Å². The van der Waals surface area contributed by atoms with Gasteiger partial charge in [0.15, 0.2) is 11.4 Å². The van der Waals surface area contributed by atoms with E-state index in [-0.39, 0.29) is 48.6 Å². The molecular weight excluding hydrogens is 494 g/mol. The number of carbonyl (C=O) groups is 4. The van der Waals surface area contributed by atoms with Gasteiger partial charge in [0.25, 0.3) is 5.91 Å². The molecule has 1 fully saturated rings. The van der Waals surface area contributed by atoms with E-state index in [1.807, 2.05) is 0 Å². The second-order valence-corrected chi connectivity index (χ2v) is 11.5. The maximum absolute atomic E-state index is 13.7. The van der Waals surface area contributed by atoms with Crippen molar-refractivity contribution in [1.82, 2.24) is 5.32 Å². The minimum Gasteiger partial charge on any atom is -0.508 e. The molecule has 11 heteroatoms. The molecule has 3 aliphatic rings. The summed E-state index contributed by atoms with van der Waals surface area (Å²) in [5, 5.41) is 47.4. The third-order valence-electron chi connectivity index (χ3n) is 7.72. The predicted octanol–water partition coefficient (Wildman–Crippen LogP) is 1.15. The van der Waals surface area contributed by atoms with Crippen LogP contribution in [0.1, 0.15) is 50.3 Å². The average Bonchev–Trinajstić information content (AvgIpc) is 2.79. The number of aliphatic hydroxyl groups is 3. The number of aliphatic hydroxyl groups excluding tert-OH is 2. The Hall–Kier alpha value is -3.86. The maximum Gasteiger partial charge on any atom is 0.255 e. The highest BCUT2D eigenvalue weighted by atomic mass is 16.3. The molecule has 2 amide bonds. The van der Waals surface area contributed by atoms with Crippen LogP contribution in [0.5, 0.6) is 5.75 Å². The first-order chi connectivity index (χ1) is 17.5. The summed E-state index contributed by atoms with van der Waals surface area (Å²) in [6.45, 7) is 5.19. The molecule has 0 radical (unpaired) electrons. The number of benzene rings is 1. The number of hydrogen-bond acceptors (Lipinski definition) is 9. The van der Waals surface area contributed by atoms with Crippen molar-refractivity contribution in [2.75, 3.05) is 19.0 Å². The third-order valence-corrected chi connectivity index (χ3v) is 7.72. The van der Waals surface area contributed by atoms with Crippen molar-refractivity contribution in [1.29, 1.82) is 0 Å². The zero-order chi connectivity index (χ0) is 28.5. The number of anilines is 1. The van der Waals surface area contributed by atoms with Crippen LogP contribution in [0, 0.1) is 17.3 Å². The third kappa shape index (κ3) is 3.92. The molecule has 0 saturated heterocycles. The molecular formula is C27H33N3O8. The van der Waals surface area contributed by atoms with Crippen LogP contribution < -0.4 is 16.0 Å². The van der Waals surface area contributed by atoms with Gasteiger partial charge in [-0.2, -0.15) is 0 Å². The van der Waals surface area contributed by atoms with Crippen LogP contribution in [-0.4, -0.2) is 63.5 Å². The topological polar surface area (TPSA) is 190 Å². The molecule has 0 unspecified atom stereocenters. The quantitative estimate of drug-likeness (QED) is 0.312. The second-order valence-electron chi connectivity index (χ2n) is 11.5. The highest BCUT2D eigenvalue weighted by Gasteiger charge is 2.60. The van der Waals surface area contributed by atoms with Crippen molar-refractivity contribution in [3.63, 3.8) is 0 Å². The number of aromatic hydroxyl groups is 1. The van der Waals surface area contributed by atoms with Gasteiger partial charge < -0.3 is 36.4 Å². The lowest BCUT2D eigenvalue weighted by Crippen LogP contribution is -2.58. The lowest BCUT2D eigenvalue weighted by atomic mass is 9.59. The summed E-state index contributed by atoms with van der Waals surface area (Å²) in [6.07, 6.45) is -0.121. The van der Waals surface area contributed by atoms with Gasteiger partial charge in [0, 0.05) is 55.2 Å². The summed E-state index contributed by atoms with van der Waals surface area (Å²) in [5.74, 6) is -7.00. The predicted molar refractivity (Wildman–Crippen MR) is 137 cm³/mol. The summed E-state index contributed by atoms with van der Waals surface area (Å²) < 4.78 is 0. The summed E-state index contributed by atoms with van der Waals surface area (Å²) in [7, 11) is 3.55. The monoisotopic (exact) mass is 527 g/mol. The minimum absolute atomic E-state index is 0.0108. The summed E-state index contributed by atoms with van der Waals surface area (Å²) >= 11 is 0. The van der Waals surface area contributed by atoms with E-state index < -0.39 is 57.4 Å². The van der Waals surface area contributed by atoms with Crippen molar-refractivity contribution in [2.45, 2.75) is 52.2 Å². The lowest BCUT2D eigenvalue weighted by molar-refractivity contribution is -0.147. The Labute approximate surface area is 219 Å². The van der Waals surface area contributed by atoms with E-state index in [0.29, 0.717) is 16.8 Å². The van der Waals surface area contributed by atoms with Crippen molar-refractivity contribution in [2.24, 2.45) is 23.0 Å². The van der Waals surface area contributed by atoms with Crippen molar-refractivity contribution in [3.05, 3.63) is 39.7 Å². The number of nitrogens with one attached hydrogen (secondary N) is 1. The van der Waals surface area contributed by atoms with E-state index in [9.17, 15) is 39.6 Å². The van der Waals surface area contributed by atoms with E-state index >= 15 is 0 Å². The molecule has 0 aromatic heterocycles. The number of fused-ring (bicyclic) bond motifs is 3. The lowest BCUT2D eigenvalue weighted by Gasteiger charge is -2.46. The molecule has 204 valence electrons. The maximum atomic E-state index is 13.7. The number of Topliss-reactive ketones (excluding diaryl/α,β-unsaturated/α-hetero) is 2. The van der Waals surface area contributed by atoms with E-state index in [1.54, 1.807) is 45.8 Å². The molecule has 0 aliphatic heterocycles. The normalized spacial score (nSPS) is 25.0. The van der Waals surface area contributed by atoms with Crippen LogP contribution in [-0.2, 0) is 32.1 Å². The van der Waals surface area contributed by atoms with Gasteiger partial charge >= 0.3 is 0 Å². The Balaban J connectivity index is 1.88. The molecule has 0 bridgehead atoms. The van der Waals surface area contributed by atoms with E-state index in [1.165, 1.54) is 0 Å². The molecule has 38 heavy (non-hydrogen) atoms. The van der Waals surface area contributed by atoms with Crippen LogP contribution in [0.15, 0.2) is 23.0 Å². The molecule has 1 aromatic carbocycles. The van der Waals surface area contributed by atoms with E-state index in [0.717, 1.165) is 0 Å². The fourth-order valence-electron chi connectivity index (χ4n) is 5.70. The van der Waals surface area contributed by atoms with Gasteiger partial charge in [-0.1, -0.05) is 20.8 Å². The molecule has 0 spiro atoms. The molecule has 4 rings (SSSR count). The molecule has 1 saturated carbocycles. The highest BCUT2D eigenvalue weighted by Crippen LogP contribution is 2.53. The molecule has 11 nitrogen and oxygen atoms in total. The summed E-state index contributed by atoms with van der Waals surface area (Å²) in [5.41, 5.74) is 2.39. The SMILES string of the molecule is CN(C)c1cc(CNC(=O)C(C)(C)C)c(O)c2c1C[C@H]1C[C@H]3CC(=O)C(C(N)=O)=C(O)[C@@]3(O)C(=O)C1=C2O. The number of primary amides is 1. The number of hydrogen-bond donors (Lipinski definition) is 6. The van der Waals surface area contributed by atoms with Gasteiger partial charge in [-0.15, -0.1) is 0 Å². The van der Waals surface area contributed by atoms with Gasteiger partial charge in [-0.3, -0.25) is 19.2 Å². The Kier molecular flexibility index (Phi) is 6.34. The number of nitrogens with zero attached hydrogens (tertiary/aromatic N) is 1. The van der Waals surface area contributed by atoms with Crippen LogP contribution in [0.25, 0.3) is 5.76 Å². The fourth-order valence-corrected chi connectivity index (χ4v) is 5.70. The van der Waals surface area contributed by atoms with Gasteiger partial charge in [0.05, 0.1) is 5.56 Å². The van der Waals surface area contributed by atoms with E-state index in [2.05, 4.69) is 5.32 Å². The minimum atomic E-state index is -2.62. The number of phenolic OH excluding ortho intramolecular Hbond substituents is 1. The standard InChI is InChI=1S/C27H33N3O8/c1-26(2,3)25(37)29-10-12-8-15(30(4)5)14-7-11-6-13-9-16(31)19(24(28)36)23(35)27(13,38)22(34)17(11)21(33)18(14)20(12)32/h8,11,13,32-33,35,38H,6-7,9-10H2,1-5H3,(H2,28,36)(H,29,37)/t11-,13+,27+/m1/s1. The number of phenols is 1. The first-order valence-electron chi connectivity index (χ1n) is 12.3. The molecule has 3 atom stereocenters. The van der Waals surface area contributed by atoms with E-state index in [4.69, 9.17) is 5.73 Å². The first kappa shape index (κ1) is 27.2. The largest absolute Gasteiger partial charge is 0.508 e. The van der Waals surface area contributed by atoms with Gasteiger partial charge in [0.1, 0.15) is 22.8 Å². The molecule has 1 aromatic rings.